The molecular weight excluding hydrogens is 613 g/mol. The van der Waals surface area contributed by atoms with Crippen molar-refractivity contribution < 1.29 is 18.0 Å². The predicted molar refractivity (Wildman–Crippen MR) is 183 cm³/mol. The molecule has 7 nitrogen and oxygen atoms in total. The quantitative estimate of drug-likeness (QED) is 0.151. The first-order valence-corrected chi connectivity index (χ1v) is 18.0. The lowest BCUT2D eigenvalue weighted by atomic mass is 9.81. The number of rotatable bonds is 16. The Morgan fingerprint density at radius 2 is 1.75 bits per heavy atom. The molecule has 48 heavy (non-hydrogen) atoms. The number of likely N-dealkylation sites (tertiary alicyclic amines) is 1. The second-order valence-corrected chi connectivity index (χ2v) is 14.1. The number of carbonyl (C=O) groups excluding carboxylic acids is 1. The molecule has 2 aliphatic rings. The van der Waals surface area contributed by atoms with Gasteiger partial charge in [0.05, 0.1) is 18.3 Å². The largest absolute Gasteiger partial charge is 0.404 e. The van der Waals surface area contributed by atoms with Gasteiger partial charge in [-0.2, -0.15) is 13.2 Å². The molecule has 0 bridgehead atoms. The van der Waals surface area contributed by atoms with Gasteiger partial charge in [0.2, 0.25) is 5.62 Å². The van der Waals surface area contributed by atoms with Gasteiger partial charge in [-0.05, 0) is 99.0 Å². The van der Waals surface area contributed by atoms with Crippen molar-refractivity contribution in [3.05, 3.63) is 82.5 Å². The standard InChI is InChI=1S/C38H53F3N6O/c1-4-5-6-7-8-9-10-11-18-46-19-12-13-32(35(46)38(39,40)41)30-23-28(26-47-21-20-45(3)37(47)42)24-31(25-30)36(48)44-34(29-14-15-29)33-22-27(2)16-17-43-33/h16-17,20-25,29,32,34-35,42H,4-15,18-19,26H2,1-3H3,(H,44,48). The number of hydrogen-bond donors (Lipinski definition) is 2. The molecule has 0 radical (unpaired) electrons. The maximum absolute atomic E-state index is 15.0. The minimum absolute atomic E-state index is 0.257. The fourth-order valence-electron chi connectivity index (χ4n) is 7.37. The number of alkyl halides is 3. The number of imidazole rings is 1. The van der Waals surface area contributed by atoms with Gasteiger partial charge in [0.1, 0.15) is 6.04 Å². The van der Waals surface area contributed by atoms with Crippen molar-refractivity contribution in [2.75, 3.05) is 13.1 Å². The second-order valence-electron chi connectivity index (χ2n) is 14.1. The molecule has 0 spiro atoms. The van der Waals surface area contributed by atoms with Crippen LogP contribution in [0.2, 0.25) is 0 Å². The average Bonchev–Trinajstić information content (AvgIpc) is 3.86. The topological polar surface area (TPSA) is 78.9 Å². The highest BCUT2D eigenvalue weighted by atomic mass is 19.4. The van der Waals surface area contributed by atoms with Crippen molar-refractivity contribution in [3.8, 4) is 0 Å². The number of nitrogens with one attached hydrogen (secondary N) is 2. The highest BCUT2D eigenvalue weighted by molar-refractivity contribution is 5.95. The van der Waals surface area contributed by atoms with Crippen LogP contribution < -0.4 is 10.9 Å². The Bertz CT molecular complexity index is 1560. The molecule has 2 aromatic heterocycles. The number of unbranched alkanes of at least 4 members (excludes halogenated alkanes) is 7. The summed E-state index contributed by atoms with van der Waals surface area (Å²) in [6, 6.07) is 7.35. The zero-order chi connectivity index (χ0) is 34.3. The van der Waals surface area contributed by atoms with Gasteiger partial charge in [0.25, 0.3) is 5.91 Å². The molecule has 262 valence electrons. The summed E-state index contributed by atoms with van der Waals surface area (Å²) in [6.07, 6.45) is 12.8. The number of amides is 1. The van der Waals surface area contributed by atoms with E-state index in [0.29, 0.717) is 42.6 Å². The fourth-order valence-corrected chi connectivity index (χ4v) is 7.37. The first kappa shape index (κ1) is 35.9. The van der Waals surface area contributed by atoms with Crippen molar-refractivity contribution in [2.45, 2.75) is 122 Å². The van der Waals surface area contributed by atoms with E-state index >= 15 is 0 Å². The number of pyridine rings is 1. The third-order valence-electron chi connectivity index (χ3n) is 10.1. The van der Waals surface area contributed by atoms with Crippen LogP contribution in [0.5, 0.6) is 0 Å². The van der Waals surface area contributed by atoms with Crippen LogP contribution in [0, 0.1) is 18.3 Å². The van der Waals surface area contributed by atoms with Gasteiger partial charge in [-0.3, -0.25) is 20.1 Å². The van der Waals surface area contributed by atoms with Gasteiger partial charge in [0, 0.05) is 37.1 Å². The second kappa shape index (κ2) is 16.3. The monoisotopic (exact) mass is 666 g/mol. The molecule has 2 fully saturated rings. The normalized spacial score (nSPS) is 19.4. The summed E-state index contributed by atoms with van der Waals surface area (Å²) in [5.74, 6) is -0.805. The summed E-state index contributed by atoms with van der Waals surface area (Å²) in [7, 11) is 1.78. The SMILES string of the molecule is CCCCCCCCCCN1CCCC(c2cc(Cn3ccn(C)c3=N)cc(C(=O)NC(c3cc(C)ccn3)C3CC3)c2)C1C(F)(F)F. The van der Waals surface area contributed by atoms with E-state index in [4.69, 9.17) is 5.41 Å². The Labute approximate surface area is 283 Å². The zero-order valence-electron chi connectivity index (χ0n) is 28.9. The van der Waals surface area contributed by atoms with Crippen LogP contribution >= 0.6 is 0 Å². The van der Waals surface area contributed by atoms with Gasteiger partial charge < -0.3 is 14.5 Å². The summed E-state index contributed by atoms with van der Waals surface area (Å²) in [5, 5.41) is 11.6. The highest BCUT2D eigenvalue weighted by Gasteiger charge is 2.50. The Balaban J connectivity index is 1.40. The predicted octanol–water partition coefficient (Wildman–Crippen LogP) is 8.19. The number of piperidine rings is 1. The van der Waals surface area contributed by atoms with Gasteiger partial charge in [0.15, 0.2) is 0 Å². The molecule has 2 N–H and O–H groups in total. The van der Waals surface area contributed by atoms with Crippen LogP contribution in [0.15, 0.2) is 48.9 Å². The van der Waals surface area contributed by atoms with Crippen LogP contribution in [-0.4, -0.2) is 50.2 Å². The van der Waals surface area contributed by atoms with E-state index in [9.17, 15) is 18.0 Å². The Kier molecular flexibility index (Phi) is 12.2. The molecule has 1 saturated heterocycles. The molecule has 1 aliphatic heterocycles. The molecule has 1 saturated carbocycles. The van der Waals surface area contributed by atoms with Crippen LogP contribution in [0.4, 0.5) is 13.2 Å². The van der Waals surface area contributed by atoms with E-state index in [2.05, 4.69) is 17.2 Å². The van der Waals surface area contributed by atoms with E-state index in [1.165, 1.54) is 25.7 Å². The third-order valence-corrected chi connectivity index (χ3v) is 10.1. The zero-order valence-corrected chi connectivity index (χ0v) is 28.9. The van der Waals surface area contributed by atoms with Crippen molar-refractivity contribution in [3.63, 3.8) is 0 Å². The van der Waals surface area contributed by atoms with E-state index < -0.39 is 18.1 Å². The Hall–Kier alpha value is -3.40. The summed E-state index contributed by atoms with van der Waals surface area (Å²) in [4.78, 5) is 20.2. The summed E-state index contributed by atoms with van der Waals surface area (Å²) < 4.78 is 48.3. The van der Waals surface area contributed by atoms with E-state index in [-0.39, 0.29) is 30.0 Å². The van der Waals surface area contributed by atoms with Crippen molar-refractivity contribution in [2.24, 2.45) is 13.0 Å². The highest BCUT2D eigenvalue weighted by Crippen LogP contribution is 2.43. The van der Waals surface area contributed by atoms with E-state index in [0.717, 1.165) is 49.8 Å². The van der Waals surface area contributed by atoms with Gasteiger partial charge in [-0.25, -0.2) is 0 Å². The molecule has 5 rings (SSSR count). The number of carbonyl (C=O) groups is 1. The number of hydrogen-bond acceptors (Lipinski definition) is 4. The summed E-state index contributed by atoms with van der Waals surface area (Å²) in [5.41, 5.74) is 3.74. The molecule has 3 atom stereocenters. The summed E-state index contributed by atoms with van der Waals surface area (Å²) >= 11 is 0. The van der Waals surface area contributed by atoms with Crippen LogP contribution in [0.3, 0.4) is 0 Å². The minimum atomic E-state index is -4.40. The number of benzene rings is 1. The van der Waals surface area contributed by atoms with Crippen molar-refractivity contribution >= 4 is 5.91 Å². The maximum atomic E-state index is 15.0. The number of aromatic nitrogens is 3. The number of nitrogens with zero attached hydrogens (tertiary/aromatic N) is 4. The van der Waals surface area contributed by atoms with Crippen molar-refractivity contribution in [1.29, 1.82) is 5.41 Å². The lowest BCUT2D eigenvalue weighted by Gasteiger charge is -2.42. The molecule has 1 amide bonds. The lowest BCUT2D eigenvalue weighted by Crippen LogP contribution is -2.52. The van der Waals surface area contributed by atoms with Crippen molar-refractivity contribution in [1.82, 2.24) is 24.3 Å². The minimum Gasteiger partial charge on any atom is -0.343 e. The molecule has 3 aromatic rings. The molecular formula is C38H53F3N6O. The number of aryl methyl sites for hydroxylation is 2. The Morgan fingerprint density at radius 1 is 1.02 bits per heavy atom. The van der Waals surface area contributed by atoms with Crippen LogP contribution in [-0.2, 0) is 13.6 Å². The van der Waals surface area contributed by atoms with Gasteiger partial charge in [-0.15, -0.1) is 0 Å². The molecule has 10 heteroatoms. The van der Waals surface area contributed by atoms with Crippen LogP contribution in [0.25, 0.3) is 0 Å². The lowest BCUT2D eigenvalue weighted by molar-refractivity contribution is -0.196. The average molecular weight is 667 g/mol. The van der Waals surface area contributed by atoms with Gasteiger partial charge in [-0.1, -0.05) is 57.9 Å². The van der Waals surface area contributed by atoms with Gasteiger partial charge >= 0.3 is 6.18 Å². The fraction of sp³-hybridized carbons (Fsp3) is 0.605. The molecule has 3 unspecified atom stereocenters. The number of halogens is 3. The molecule has 3 heterocycles. The van der Waals surface area contributed by atoms with E-state index in [1.54, 1.807) is 51.8 Å². The first-order chi connectivity index (χ1) is 23.0. The smallest absolute Gasteiger partial charge is 0.343 e. The third kappa shape index (κ3) is 9.39. The maximum Gasteiger partial charge on any atom is 0.404 e. The summed E-state index contributed by atoms with van der Waals surface area (Å²) in [6.45, 7) is 5.33. The first-order valence-electron chi connectivity index (χ1n) is 18.0. The Morgan fingerprint density at radius 3 is 2.40 bits per heavy atom. The van der Waals surface area contributed by atoms with Crippen LogP contribution in [0.1, 0.15) is 129 Å². The molecule has 1 aromatic carbocycles. The van der Waals surface area contributed by atoms with E-state index in [1.807, 2.05) is 25.1 Å². The molecule has 1 aliphatic carbocycles.